The molecule has 0 spiro atoms. The standard InChI is InChI=1S/C14H23ClN2O/c1-4-13(5-2)17(8-9-18-3)14-11-16-7-6-12(14)10-15/h6-7,11,13H,4-5,8-10H2,1-3H3. The molecule has 1 aromatic rings. The molecule has 0 amide bonds. The minimum atomic E-state index is 0.506. The second kappa shape index (κ2) is 8.33. The molecule has 0 aromatic carbocycles. The van der Waals surface area contributed by atoms with Crippen LogP contribution in [0.3, 0.4) is 0 Å². The molecule has 1 rings (SSSR count). The van der Waals surface area contributed by atoms with Gasteiger partial charge >= 0.3 is 0 Å². The highest BCUT2D eigenvalue weighted by molar-refractivity contribution is 6.17. The van der Waals surface area contributed by atoms with Gasteiger partial charge in [-0.2, -0.15) is 0 Å². The van der Waals surface area contributed by atoms with Crippen molar-refractivity contribution in [1.82, 2.24) is 4.98 Å². The average Bonchev–Trinajstić information content (AvgIpc) is 2.43. The molecule has 4 heteroatoms. The lowest BCUT2D eigenvalue weighted by Crippen LogP contribution is -2.37. The normalized spacial score (nSPS) is 10.9. The molecule has 0 atom stereocenters. The number of halogens is 1. The summed E-state index contributed by atoms with van der Waals surface area (Å²) in [4.78, 5) is 6.60. The highest BCUT2D eigenvalue weighted by Crippen LogP contribution is 2.25. The Hall–Kier alpha value is -0.800. The van der Waals surface area contributed by atoms with Gasteiger partial charge in [0.05, 0.1) is 18.5 Å². The monoisotopic (exact) mass is 270 g/mol. The molecule has 0 saturated heterocycles. The van der Waals surface area contributed by atoms with E-state index >= 15 is 0 Å². The van der Waals surface area contributed by atoms with Crippen LogP contribution in [0, 0.1) is 0 Å². The van der Waals surface area contributed by atoms with Gasteiger partial charge in [-0.15, -0.1) is 11.6 Å². The Morgan fingerprint density at radius 3 is 2.67 bits per heavy atom. The number of methoxy groups -OCH3 is 1. The zero-order valence-corrected chi connectivity index (χ0v) is 12.3. The molecular weight excluding hydrogens is 248 g/mol. The van der Waals surface area contributed by atoms with Crippen LogP contribution in [0.1, 0.15) is 32.3 Å². The van der Waals surface area contributed by atoms with Gasteiger partial charge in [0.2, 0.25) is 0 Å². The number of hydrogen-bond donors (Lipinski definition) is 0. The molecule has 0 N–H and O–H groups in total. The van der Waals surface area contributed by atoms with E-state index in [0.29, 0.717) is 18.5 Å². The van der Waals surface area contributed by atoms with Crippen LogP contribution in [0.25, 0.3) is 0 Å². The summed E-state index contributed by atoms with van der Waals surface area (Å²) in [5.41, 5.74) is 2.27. The van der Waals surface area contributed by atoms with Crippen LogP contribution in [-0.2, 0) is 10.6 Å². The van der Waals surface area contributed by atoms with Crippen LogP contribution < -0.4 is 4.90 Å². The number of anilines is 1. The molecule has 0 bridgehead atoms. The number of alkyl halides is 1. The van der Waals surface area contributed by atoms with Crippen molar-refractivity contribution in [3.8, 4) is 0 Å². The van der Waals surface area contributed by atoms with Crippen molar-refractivity contribution in [1.29, 1.82) is 0 Å². The summed E-state index contributed by atoms with van der Waals surface area (Å²) < 4.78 is 5.21. The number of pyridine rings is 1. The van der Waals surface area contributed by atoms with Gasteiger partial charge in [-0.25, -0.2) is 0 Å². The molecule has 0 saturated carbocycles. The molecule has 0 unspecified atom stereocenters. The third-order valence-corrected chi connectivity index (χ3v) is 3.55. The van der Waals surface area contributed by atoms with E-state index in [1.807, 2.05) is 12.3 Å². The zero-order valence-electron chi connectivity index (χ0n) is 11.5. The summed E-state index contributed by atoms with van der Waals surface area (Å²) in [5.74, 6) is 0.515. The fraction of sp³-hybridized carbons (Fsp3) is 0.643. The number of aromatic nitrogens is 1. The first-order valence-electron chi connectivity index (χ1n) is 6.52. The van der Waals surface area contributed by atoms with E-state index in [0.717, 1.165) is 30.6 Å². The van der Waals surface area contributed by atoms with Crippen molar-refractivity contribution >= 4 is 17.3 Å². The molecule has 1 heterocycles. The highest BCUT2D eigenvalue weighted by atomic mass is 35.5. The Balaban J connectivity index is 2.99. The van der Waals surface area contributed by atoms with Gasteiger partial charge in [0.25, 0.3) is 0 Å². The van der Waals surface area contributed by atoms with Crippen LogP contribution in [0.15, 0.2) is 18.5 Å². The van der Waals surface area contributed by atoms with E-state index in [4.69, 9.17) is 16.3 Å². The predicted octanol–water partition coefficient (Wildman–Crippen LogP) is 3.46. The third-order valence-electron chi connectivity index (χ3n) is 3.26. The minimum Gasteiger partial charge on any atom is -0.383 e. The molecule has 1 aromatic heterocycles. The van der Waals surface area contributed by atoms with E-state index < -0.39 is 0 Å². The van der Waals surface area contributed by atoms with E-state index in [1.54, 1.807) is 13.3 Å². The fourth-order valence-electron chi connectivity index (χ4n) is 2.21. The molecular formula is C14H23ClN2O. The molecule has 18 heavy (non-hydrogen) atoms. The van der Waals surface area contributed by atoms with Crippen molar-refractivity contribution in [3.63, 3.8) is 0 Å². The summed E-state index contributed by atoms with van der Waals surface area (Å²) >= 11 is 6.02. The molecule has 0 aliphatic rings. The van der Waals surface area contributed by atoms with Crippen molar-refractivity contribution in [2.75, 3.05) is 25.2 Å². The quantitative estimate of drug-likeness (QED) is 0.677. The van der Waals surface area contributed by atoms with Gasteiger partial charge in [-0.1, -0.05) is 13.8 Å². The van der Waals surface area contributed by atoms with Crippen LogP contribution in [0.5, 0.6) is 0 Å². The maximum atomic E-state index is 6.02. The van der Waals surface area contributed by atoms with Crippen molar-refractivity contribution in [3.05, 3.63) is 24.0 Å². The second-order valence-corrected chi connectivity index (χ2v) is 4.56. The number of rotatable bonds is 8. The lowest BCUT2D eigenvalue weighted by atomic mass is 10.1. The molecule has 0 fully saturated rings. The summed E-state index contributed by atoms with van der Waals surface area (Å²) in [6.45, 7) is 6.01. The van der Waals surface area contributed by atoms with Crippen LogP contribution in [0.2, 0.25) is 0 Å². The maximum Gasteiger partial charge on any atom is 0.0637 e. The van der Waals surface area contributed by atoms with Gasteiger partial charge in [0.15, 0.2) is 0 Å². The summed E-state index contributed by atoms with van der Waals surface area (Å²) in [6.07, 6.45) is 5.92. The van der Waals surface area contributed by atoms with Gasteiger partial charge in [-0.3, -0.25) is 4.98 Å². The predicted molar refractivity (Wildman–Crippen MR) is 77.4 cm³/mol. The SMILES string of the molecule is CCC(CC)N(CCOC)c1cnccc1CCl. The smallest absolute Gasteiger partial charge is 0.0637 e. The van der Waals surface area contributed by atoms with Crippen molar-refractivity contribution < 1.29 is 4.74 Å². The van der Waals surface area contributed by atoms with Gasteiger partial charge in [-0.05, 0) is 24.5 Å². The van der Waals surface area contributed by atoms with Crippen molar-refractivity contribution in [2.45, 2.75) is 38.6 Å². The van der Waals surface area contributed by atoms with Crippen molar-refractivity contribution in [2.24, 2.45) is 0 Å². The first-order chi connectivity index (χ1) is 8.78. The van der Waals surface area contributed by atoms with E-state index in [2.05, 4.69) is 23.7 Å². The molecule has 102 valence electrons. The Bertz CT molecular complexity index is 342. The molecule has 0 aliphatic heterocycles. The first kappa shape index (κ1) is 15.3. The third kappa shape index (κ3) is 3.85. The fourth-order valence-corrected chi connectivity index (χ4v) is 2.43. The number of ether oxygens (including phenoxy) is 1. The molecule has 3 nitrogen and oxygen atoms in total. The van der Waals surface area contributed by atoms with Gasteiger partial charge in [0, 0.05) is 31.8 Å². The zero-order chi connectivity index (χ0) is 13.4. The lowest BCUT2D eigenvalue weighted by Gasteiger charge is -2.33. The number of hydrogen-bond acceptors (Lipinski definition) is 3. The summed E-state index contributed by atoms with van der Waals surface area (Å²) in [6, 6.07) is 2.50. The Labute approximate surface area is 115 Å². The first-order valence-corrected chi connectivity index (χ1v) is 7.06. The number of nitrogens with zero attached hydrogens (tertiary/aromatic N) is 2. The maximum absolute atomic E-state index is 6.02. The van der Waals surface area contributed by atoms with E-state index in [1.165, 1.54) is 0 Å². The Morgan fingerprint density at radius 2 is 2.11 bits per heavy atom. The molecule has 0 aliphatic carbocycles. The van der Waals surface area contributed by atoms with Gasteiger partial charge in [0.1, 0.15) is 0 Å². The lowest BCUT2D eigenvalue weighted by molar-refractivity contribution is 0.202. The molecule has 0 radical (unpaired) electrons. The van der Waals surface area contributed by atoms with E-state index in [-0.39, 0.29) is 0 Å². The summed E-state index contributed by atoms with van der Waals surface area (Å²) in [7, 11) is 1.73. The van der Waals surface area contributed by atoms with E-state index in [9.17, 15) is 0 Å². The van der Waals surface area contributed by atoms with Crippen LogP contribution >= 0.6 is 11.6 Å². The average molecular weight is 271 g/mol. The largest absolute Gasteiger partial charge is 0.383 e. The Morgan fingerprint density at radius 1 is 1.39 bits per heavy atom. The van der Waals surface area contributed by atoms with Crippen LogP contribution in [0.4, 0.5) is 5.69 Å². The van der Waals surface area contributed by atoms with Crippen LogP contribution in [-0.4, -0.2) is 31.3 Å². The summed E-state index contributed by atoms with van der Waals surface area (Å²) in [5, 5.41) is 0. The Kier molecular flexibility index (Phi) is 7.06. The highest BCUT2D eigenvalue weighted by Gasteiger charge is 2.18. The second-order valence-electron chi connectivity index (χ2n) is 4.29. The van der Waals surface area contributed by atoms with Gasteiger partial charge < -0.3 is 9.64 Å². The topological polar surface area (TPSA) is 25.4 Å². The minimum absolute atomic E-state index is 0.506.